The van der Waals surface area contributed by atoms with Crippen LogP contribution in [0.15, 0.2) is 133 Å². The van der Waals surface area contributed by atoms with Crippen molar-refractivity contribution < 1.29 is 0 Å². The molecule has 1 unspecified atom stereocenters. The van der Waals surface area contributed by atoms with Crippen LogP contribution in [0.3, 0.4) is 0 Å². The minimum Gasteiger partial charge on any atom is -0.280 e. The number of aliphatic imine (C=N–C) groups is 1. The molecule has 0 aliphatic rings. The van der Waals surface area contributed by atoms with Crippen LogP contribution >= 0.6 is 0 Å². The van der Waals surface area contributed by atoms with Crippen molar-refractivity contribution in [2.45, 2.75) is 18.9 Å². The van der Waals surface area contributed by atoms with E-state index in [4.69, 9.17) is 4.99 Å². The van der Waals surface area contributed by atoms with Crippen molar-refractivity contribution in [2.24, 2.45) is 4.99 Å². The first-order valence-electron chi connectivity index (χ1n) is 10.8. The SMILES string of the molecule is C=C(CC(Cc1ccccc1)N=C(c1ccccc1)c1ccccc1)c1ccccc1. The topological polar surface area (TPSA) is 12.4 Å². The van der Waals surface area contributed by atoms with Gasteiger partial charge in [0.25, 0.3) is 0 Å². The molecule has 0 bridgehead atoms. The summed E-state index contributed by atoms with van der Waals surface area (Å²) >= 11 is 0. The summed E-state index contributed by atoms with van der Waals surface area (Å²) < 4.78 is 0. The van der Waals surface area contributed by atoms with Gasteiger partial charge in [-0.15, -0.1) is 0 Å². The molecule has 1 nitrogen and oxygen atoms in total. The van der Waals surface area contributed by atoms with E-state index in [-0.39, 0.29) is 6.04 Å². The highest BCUT2D eigenvalue weighted by molar-refractivity contribution is 6.13. The molecular formula is C30H27N. The Morgan fingerprint density at radius 2 is 1.00 bits per heavy atom. The Balaban J connectivity index is 1.72. The van der Waals surface area contributed by atoms with Gasteiger partial charge >= 0.3 is 0 Å². The molecule has 0 aliphatic heterocycles. The van der Waals surface area contributed by atoms with E-state index in [0.717, 1.165) is 35.3 Å². The van der Waals surface area contributed by atoms with E-state index in [1.54, 1.807) is 0 Å². The number of benzene rings is 4. The molecule has 4 rings (SSSR count). The van der Waals surface area contributed by atoms with E-state index in [2.05, 4.69) is 110 Å². The minimum atomic E-state index is 0.0884. The Kier molecular flexibility index (Phi) is 6.87. The molecule has 4 aromatic rings. The lowest BCUT2D eigenvalue weighted by molar-refractivity contribution is 0.691. The van der Waals surface area contributed by atoms with Gasteiger partial charge in [0.2, 0.25) is 0 Å². The molecule has 0 amide bonds. The quantitative estimate of drug-likeness (QED) is 0.276. The van der Waals surface area contributed by atoms with Crippen molar-refractivity contribution in [2.75, 3.05) is 0 Å². The molecular weight excluding hydrogens is 374 g/mol. The molecule has 0 N–H and O–H groups in total. The van der Waals surface area contributed by atoms with Gasteiger partial charge in [-0.25, -0.2) is 0 Å². The Bertz CT molecular complexity index is 1070. The van der Waals surface area contributed by atoms with E-state index in [9.17, 15) is 0 Å². The van der Waals surface area contributed by atoms with E-state index in [1.807, 2.05) is 18.2 Å². The third kappa shape index (κ3) is 5.67. The molecule has 0 fully saturated rings. The molecule has 0 heterocycles. The highest BCUT2D eigenvalue weighted by Crippen LogP contribution is 2.23. The molecule has 0 radical (unpaired) electrons. The summed E-state index contributed by atoms with van der Waals surface area (Å²) in [6, 6.07) is 42.0. The summed E-state index contributed by atoms with van der Waals surface area (Å²) in [6.45, 7) is 4.39. The predicted molar refractivity (Wildman–Crippen MR) is 133 cm³/mol. The van der Waals surface area contributed by atoms with Gasteiger partial charge in [0.05, 0.1) is 11.8 Å². The number of hydrogen-bond donors (Lipinski definition) is 0. The molecule has 31 heavy (non-hydrogen) atoms. The average molecular weight is 402 g/mol. The number of rotatable bonds is 8. The molecule has 1 atom stereocenters. The van der Waals surface area contributed by atoms with Crippen LogP contribution in [0.1, 0.15) is 28.7 Å². The second-order valence-electron chi connectivity index (χ2n) is 7.73. The van der Waals surface area contributed by atoms with Crippen LogP contribution in [0, 0.1) is 0 Å². The Labute approximate surface area is 185 Å². The fourth-order valence-corrected chi connectivity index (χ4v) is 3.82. The van der Waals surface area contributed by atoms with E-state index in [1.165, 1.54) is 11.1 Å². The Hall–Kier alpha value is -3.71. The molecule has 1 heteroatoms. The van der Waals surface area contributed by atoms with Crippen molar-refractivity contribution in [3.8, 4) is 0 Å². The summed E-state index contributed by atoms with van der Waals surface area (Å²) in [6.07, 6.45) is 1.68. The largest absolute Gasteiger partial charge is 0.280 e. The van der Waals surface area contributed by atoms with E-state index >= 15 is 0 Å². The van der Waals surface area contributed by atoms with Gasteiger partial charge < -0.3 is 0 Å². The third-order valence-corrected chi connectivity index (χ3v) is 5.38. The summed E-state index contributed by atoms with van der Waals surface area (Å²) in [5.41, 5.74) is 6.89. The molecule has 152 valence electrons. The number of hydrogen-bond acceptors (Lipinski definition) is 1. The van der Waals surface area contributed by atoms with Crippen LogP contribution in [0.5, 0.6) is 0 Å². The van der Waals surface area contributed by atoms with Crippen molar-refractivity contribution in [3.05, 3.63) is 150 Å². The molecule has 0 saturated carbocycles. The van der Waals surface area contributed by atoms with Gasteiger partial charge in [-0.2, -0.15) is 0 Å². The third-order valence-electron chi connectivity index (χ3n) is 5.38. The maximum Gasteiger partial charge on any atom is 0.0722 e. The van der Waals surface area contributed by atoms with Gasteiger partial charge in [0.15, 0.2) is 0 Å². The van der Waals surface area contributed by atoms with Crippen LogP contribution in [0.25, 0.3) is 5.57 Å². The molecule has 0 aromatic heterocycles. The summed E-state index contributed by atoms with van der Waals surface area (Å²) in [5.74, 6) is 0. The van der Waals surface area contributed by atoms with Crippen molar-refractivity contribution in [1.29, 1.82) is 0 Å². The molecule has 0 aliphatic carbocycles. The minimum absolute atomic E-state index is 0.0884. The summed E-state index contributed by atoms with van der Waals surface area (Å²) in [4.78, 5) is 5.33. The van der Waals surface area contributed by atoms with E-state index < -0.39 is 0 Å². The van der Waals surface area contributed by atoms with E-state index in [0.29, 0.717) is 0 Å². The lowest BCUT2D eigenvalue weighted by atomic mass is 9.95. The molecule has 4 aromatic carbocycles. The van der Waals surface area contributed by atoms with Crippen molar-refractivity contribution in [3.63, 3.8) is 0 Å². The standard InChI is InChI=1S/C30H27N/c1-24(26-16-8-3-9-17-26)22-29(23-25-14-6-2-7-15-25)31-30(27-18-10-4-11-19-27)28-20-12-5-13-21-28/h2-21,29H,1,22-23H2. The Morgan fingerprint density at radius 3 is 1.48 bits per heavy atom. The van der Waals surface area contributed by atoms with Gasteiger partial charge in [-0.3, -0.25) is 4.99 Å². The fraction of sp³-hybridized carbons (Fsp3) is 0.100. The first-order valence-corrected chi connectivity index (χ1v) is 10.8. The van der Waals surface area contributed by atoms with Crippen LogP contribution < -0.4 is 0 Å². The van der Waals surface area contributed by atoms with Crippen LogP contribution in [0.2, 0.25) is 0 Å². The van der Waals surface area contributed by atoms with Gasteiger partial charge in [0, 0.05) is 11.1 Å². The first-order chi connectivity index (χ1) is 15.3. The van der Waals surface area contributed by atoms with Crippen LogP contribution in [0.4, 0.5) is 0 Å². The smallest absolute Gasteiger partial charge is 0.0722 e. The monoisotopic (exact) mass is 401 g/mol. The number of nitrogens with zero attached hydrogens (tertiary/aromatic N) is 1. The molecule has 0 saturated heterocycles. The lowest BCUT2D eigenvalue weighted by Crippen LogP contribution is -2.15. The highest BCUT2D eigenvalue weighted by Gasteiger charge is 2.15. The zero-order chi connectivity index (χ0) is 21.3. The highest BCUT2D eigenvalue weighted by atomic mass is 14.8. The Morgan fingerprint density at radius 1 is 0.581 bits per heavy atom. The normalized spacial score (nSPS) is 11.5. The average Bonchev–Trinajstić information content (AvgIpc) is 2.84. The first kappa shape index (κ1) is 20.6. The van der Waals surface area contributed by atoms with Crippen LogP contribution in [-0.2, 0) is 6.42 Å². The second kappa shape index (κ2) is 10.4. The summed E-state index contributed by atoms with van der Waals surface area (Å²) in [5, 5.41) is 0. The second-order valence-corrected chi connectivity index (χ2v) is 7.73. The van der Waals surface area contributed by atoms with Crippen molar-refractivity contribution >= 4 is 11.3 Å². The fourth-order valence-electron chi connectivity index (χ4n) is 3.82. The zero-order valence-electron chi connectivity index (χ0n) is 17.7. The van der Waals surface area contributed by atoms with Gasteiger partial charge in [-0.1, -0.05) is 128 Å². The summed E-state index contributed by atoms with van der Waals surface area (Å²) in [7, 11) is 0. The predicted octanol–water partition coefficient (Wildman–Crippen LogP) is 7.24. The van der Waals surface area contributed by atoms with Crippen LogP contribution in [-0.4, -0.2) is 11.8 Å². The molecule has 0 spiro atoms. The zero-order valence-corrected chi connectivity index (χ0v) is 17.7. The maximum absolute atomic E-state index is 5.33. The van der Waals surface area contributed by atoms with Gasteiger partial charge in [-0.05, 0) is 29.5 Å². The van der Waals surface area contributed by atoms with Gasteiger partial charge in [0.1, 0.15) is 0 Å². The lowest BCUT2D eigenvalue weighted by Gasteiger charge is -2.18. The van der Waals surface area contributed by atoms with Crippen molar-refractivity contribution in [1.82, 2.24) is 0 Å². The maximum atomic E-state index is 5.33.